The summed E-state index contributed by atoms with van der Waals surface area (Å²) in [6.45, 7) is 1.56. The zero-order chi connectivity index (χ0) is 14.7. The lowest BCUT2D eigenvalue weighted by Gasteiger charge is -2.09. The first kappa shape index (κ1) is 14.2. The number of halogens is 1. The van der Waals surface area contributed by atoms with Gasteiger partial charge < -0.3 is 5.32 Å². The van der Waals surface area contributed by atoms with E-state index in [9.17, 15) is 14.9 Å². The van der Waals surface area contributed by atoms with Gasteiger partial charge in [-0.2, -0.15) is 0 Å². The van der Waals surface area contributed by atoms with E-state index in [2.05, 4.69) is 21.2 Å². The van der Waals surface area contributed by atoms with Crippen LogP contribution in [0.5, 0.6) is 0 Å². The van der Waals surface area contributed by atoms with Crippen molar-refractivity contribution in [2.24, 2.45) is 0 Å². The lowest BCUT2D eigenvalue weighted by atomic mass is 10.1. The molecule has 0 saturated carbocycles. The number of anilines is 1. The molecule has 0 bridgehead atoms. The summed E-state index contributed by atoms with van der Waals surface area (Å²) < 4.78 is 0.747. The van der Waals surface area contributed by atoms with Crippen LogP contribution in [0.3, 0.4) is 0 Å². The number of carbonyl (C=O) groups is 1. The van der Waals surface area contributed by atoms with Gasteiger partial charge in [0.2, 0.25) is 0 Å². The molecule has 1 N–H and O–H groups in total. The van der Waals surface area contributed by atoms with Gasteiger partial charge in [-0.1, -0.05) is 18.2 Å². The van der Waals surface area contributed by atoms with Crippen LogP contribution in [0.15, 0.2) is 46.9 Å². The first-order valence-corrected chi connectivity index (χ1v) is 6.60. The summed E-state index contributed by atoms with van der Waals surface area (Å²) >= 11 is 3.33. The third-order valence-corrected chi connectivity index (χ3v) is 3.56. The van der Waals surface area contributed by atoms with E-state index in [0.29, 0.717) is 11.3 Å². The Hall–Kier alpha value is -2.21. The number of nitro benzene ring substituents is 1. The smallest absolute Gasteiger partial charge is 0.273 e. The molecule has 1 amide bonds. The fourth-order valence-electron chi connectivity index (χ4n) is 1.82. The molecule has 0 heterocycles. The number of rotatable bonds is 3. The molecule has 102 valence electrons. The lowest BCUT2D eigenvalue weighted by Crippen LogP contribution is -2.14. The predicted octanol–water partition coefficient (Wildman–Crippen LogP) is 3.92. The Morgan fingerprint density at radius 2 is 1.90 bits per heavy atom. The van der Waals surface area contributed by atoms with Gasteiger partial charge >= 0.3 is 0 Å². The van der Waals surface area contributed by atoms with E-state index >= 15 is 0 Å². The minimum Gasteiger partial charge on any atom is -0.321 e. The topological polar surface area (TPSA) is 72.2 Å². The number of hydrogen-bond donors (Lipinski definition) is 1. The molecule has 0 unspecified atom stereocenters. The van der Waals surface area contributed by atoms with Crippen LogP contribution in [0.25, 0.3) is 0 Å². The molecular weight excluding hydrogens is 324 g/mol. The minimum absolute atomic E-state index is 0.0650. The Labute approximate surface area is 123 Å². The van der Waals surface area contributed by atoms with Gasteiger partial charge in [0.05, 0.1) is 10.6 Å². The standard InChI is InChI=1S/C14H11BrN2O3/c1-9-10(5-4-8-13(9)17(19)20)14(18)16-12-7-3-2-6-11(12)15/h2-8H,1H3,(H,16,18). The highest BCUT2D eigenvalue weighted by molar-refractivity contribution is 9.10. The Kier molecular flexibility index (Phi) is 4.14. The van der Waals surface area contributed by atoms with Crippen LogP contribution in [-0.2, 0) is 0 Å². The largest absolute Gasteiger partial charge is 0.321 e. The summed E-state index contributed by atoms with van der Waals surface area (Å²) in [5.74, 6) is -0.377. The Bertz CT molecular complexity index is 686. The van der Waals surface area contributed by atoms with Crippen LogP contribution >= 0.6 is 15.9 Å². The minimum atomic E-state index is -0.495. The van der Waals surface area contributed by atoms with Gasteiger partial charge in [0.25, 0.3) is 11.6 Å². The molecule has 2 aromatic carbocycles. The number of carbonyl (C=O) groups excluding carboxylic acids is 1. The van der Waals surface area contributed by atoms with E-state index < -0.39 is 4.92 Å². The van der Waals surface area contributed by atoms with Crippen LogP contribution in [0.4, 0.5) is 11.4 Å². The van der Waals surface area contributed by atoms with Crippen molar-refractivity contribution >= 4 is 33.2 Å². The van der Waals surface area contributed by atoms with Crippen LogP contribution in [-0.4, -0.2) is 10.8 Å². The number of amides is 1. The van der Waals surface area contributed by atoms with Crippen molar-refractivity contribution in [1.29, 1.82) is 0 Å². The molecular formula is C14H11BrN2O3. The van der Waals surface area contributed by atoms with E-state index in [4.69, 9.17) is 0 Å². The number of benzene rings is 2. The molecule has 20 heavy (non-hydrogen) atoms. The van der Waals surface area contributed by atoms with E-state index in [1.807, 2.05) is 6.07 Å². The predicted molar refractivity (Wildman–Crippen MR) is 79.9 cm³/mol. The normalized spacial score (nSPS) is 10.1. The number of nitrogens with zero attached hydrogens (tertiary/aromatic N) is 1. The van der Waals surface area contributed by atoms with Gasteiger partial charge in [-0.25, -0.2) is 0 Å². The summed E-state index contributed by atoms with van der Waals surface area (Å²) in [6.07, 6.45) is 0. The highest BCUT2D eigenvalue weighted by Crippen LogP contribution is 2.25. The summed E-state index contributed by atoms with van der Waals surface area (Å²) in [7, 11) is 0. The van der Waals surface area contributed by atoms with E-state index in [0.717, 1.165) is 4.47 Å². The molecule has 0 aromatic heterocycles. The number of hydrogen-bond acceptors (Lipinski definition) is 3. The fourth-order valence-corrected chi connectivity index (χ4v) is 2.20. The molecule has 6 heteroatoms. The first-order valence-electron chi connectivity index (χ1n) is 5.80. The quantitative estimate of drug-likeness (QED) is 0.683. The zero-order valence-corrected chi connectivity index (χ0v) is 12.2. The average Bonchev–Trinajstić information content (AvgIpc) is 2.41. The fraction of sp³-hybridized carbons (Fsp3) is 0.0714. The lowest BCUT2D eigenvalue weighted by molar-refractivity contribution is -0.385. The van der Waals surface area contributed by atoms with Crippen molar-refractivity contribution in [3.8, 4) is 0 Å². The van der Waals surface area contributed by atoms with E-state index in [1.54, 1.807) is 31.2 Å². The van der Waals surface area contributed by atoms with Crippen molar-refractivity contribution < 1.29 is 9.72 Å². The highest BCUT2D eigenvalue weighted by Gasteiger charge is 2.18. The van der Waals surface area contributed by atoms with Crippen LogP contribution in [0, 0.1) is 17.0 Å². The van der Waals surface area contributed by atoms with Crippen molar-refractivity contribution in [3.05, 3.63) is 68.2 Å². The van der Waals surface area contributed by atoms with Crippen molar-refractivity contribution in [1.82, 2.24) is 0 Å². The molecule has 5 nitrogen and oxygen atoms in total. The summed E-state index contributed by atoms with van der Waals surface area (Å²) in [5.41, 5.74) is 1.19. The zero-order valence-electron chi connectivity index (χ0n) is 10.6. The number of nitro groups is 1. The summed E-state index contributed by atoms with van der Waals surface area (Å²) in [4.78, 5) is 22.6. The molecule has 0 saturated heterocycles. The summed E-state index contributed by atoms with van der Waals surface area (Å²) in [5, 5.41) is 13.6. The van der Waals surface area contributed by atoms with Crippen LogP contribution in [0.2, 0.25) is 0 Å². The SMILES string of the molecule is Cc1c(C(=O)Nc2ccccc2Br)cccc1[N+](=O)[O-]. The molecule has 0 fully saturated rings. The highest BCUT2D eigenvalue weighted by atomic mass is 79.9. The molecule has 2 aromatic rings. The third-order valence-electron chi connectivity index (χ3n) is 2.87. The van der Waals surface area contributed by atoms with Gasteiger partial charge in [0, 0.05) is 21.7 Å². The third kappa shape index (κ3) is 2.85. The first-order chi connectivity index (χ1) is 9.50. The van der Waals surface area contributed by atoms with Gasteiger partial charge in [-0.3, -0.25) is 14.9 Å². The number of para-hydroxylation sites is 1. The second-order valence-electron chi connectivity index (χ2n) is 4.14. The molecule has 0 radical (unpaired) electrons. The Morgan fingerprint density at radius 1 is 1.20 bits per heavy atom. The van der Waals surface area contributed by atoms with Gasteiger partial charge in [-0.15, -0.1) is 0 Å². The maximum atomic E-state index is 12.2. The van der Waals surface area contributed by atoms with Crippen LogP contribution in [0.1, 0.15) is 15.9 Å². The van der Waals surface area contributed by atoms with E-state index in [1.165, 1.54) is 12.1 Å². The van der Waals surface area contributed by atoms with Crippen molar-refractivity contribution in [2.75, 3.05) is 5.32 Å². The van der Waals surface area contributed by atoms with E-state index in [-0.39, 0.29) is 17.2 Å². The van der Waals surface area contributed by atoms with Gasteiger partial charge in [-0.05, 0) is 41.1 Å². The molecule has 0 aliphatic heterocycles. The molecule has 0 aliphatic carbocycles. The second-order valence-corrected chi connectivity index (χ2v) is 5.00. The molecule has 0 aliphatic rings. The maximum absolute atomic E-state index is 12.2. The van der Waals surface area contributed by atoms with Crippen molar-refractivity contribution in [2.45, 2.75) is 6.92 Å². The van der Waals surface area contributed by atoms with Crippen LogP contribution < -0.4 is 5.32 Å². The van der Waals surface area contributed by atoms with Gasteiger partial charge in [0.1, 0.15) is 0 Å². The monoisotopic (exact) mass is 334 g/mol. The number of nitrogens with one attached hydrogen (secondary N) is 1. The molecule has 2 rings (SSSR count). The molecule has 0 atom stereocenters. The Morgan fingerprint density at radius 3 is 2.55 bits per heavy atom. The summed E-state index contributed by atoms with van der Waals surface area (Å²) in [6, 6.07) is 11.6. The van der Waals surface area contributed by atoms with Crippen molar-refractivity contribution in [3.63, 3.8) is 0 Å². The average molecular weight is 335 g/mol. The second kappa shape index (κ2) is 5.83. The Balaban J connectivity index is 2.33. The maximum Gasteiger partial charge on any atom is 0.273 e. The molecule has 0 spiro atoms. The van der Waals surface area contributed by atoms with Gasteiger partial charge in [0.15, 0.2) is 0 Å².